The summed E-state index contributed by atoms with van der Waals surface area (Å²) in [6, 6.07) is 0. The number of rotatable bonds is 5. The van der Waals surface area contributed by atoms with Crippen molar-refractivity contribution in [2.75, 3.05) is 19.3 Å². The van der Waals surface area contributed by atoms with Gasteiger partial charge in [0, 0.05) is 6.54 Å². The van der Waals surface area contributed by atoms with E-state index in [1.807, 2.05) is 13.8 Å². The molecule has 74 valence electrons. The van der Waals surface area contributed by atoms with Crippen molar-refractivity contribution in [1.82, 2.24) is 5.32 Å². The fraction of sp³-hybridized carbons (Fsp3) is 1.00. The molecule has 0 fully saturated rings. The summed E-state index contributed by atoms with van der Waals surface area (Å²) < 4.78 is 23.0. The van der Waals surface area contributed by atoms with E-state index in [1.54, 1.807) is 14.0 Å². The summed E-state index contributed by atoms with van der Waals surface area (Å²) >= 11 is 0. The highest BCUT2D eigenvalue weighted by Crippen LogP contribution is 2.11. The molecular weight excluding hydrogens is 174 g/mol. The second-order valence-corrected chi connectivity index (χ2v) is 5.90. The lowest BCUT2D eigenvalue weighted by Gasteiger charge is -2.15. The molecule has 1 unspecified atom stereocenters. The maximum atomic E-state index is 11.5. The van der Waals surface area contributed by atoms with Crippen LogP contribution in [-0.2, 0) is 9.84 Å². The van der Waals surface area contributed by atoms with Crippen LogP contribution in [0.15, 0.2) is 0 Å². The van der Waals surface area contributed by atoms with Crippen molar-refractivity contribution in [3.05, 3.63) is 0 Å². The first-order valence-electron chi connectivity index (χ1n) is 4.28. The van der Waals surface area contributed by atoms with Gasteiger partial charge in [0.05, 0.1) is 11.0 Å². The minimum atomic E-state index is -2.88. The molecule has 0 spiro atoms. The van der Waals surface area contributed by atoms with Gasteiger partial charge in [-0.25, -0.2) is 8.42 Å². The summed E-state index contributed by atoms with van der Waals surface area (Å²) in [6.07, 6.45) is 0. The van der Waals surface area contributed by atoms with Crippen LogP contribution >= 0.6 is 0 Å². The van der Waals surface area contributed by atoms with Crippen LogP contribution in [0.2, 0.25) is 0 Å². The first-order chi connectivity index (χ1) is 5.41. The third-order valence-corrected chi connectivity index (χ3v) is 4.59. The monoisotopic (exact) mass is 193 g/mol. The molecule has 1 atom stereocenters. The second kappa shape index (κ2) is 4.82. The van der Waals surface area contributed by atoms with Gasteiger partial charge in [-0.05, 0) is 19.9 Å². The van der Waals surface area contributed by atoms with Crippen molar-refractivity contribution in [2.45, 2.75) is 26.0 Å². The van der Waals surface area contributed by atoms with Gasteiger partial charge in [0.25, 0.3) is 0 Å². The lowest BCUT2D eigenvalue weighted by molar-refractivity contribution is 0.544. The van der Waals surface area contributed by atoms with Crippen molar-refractivity contribution in [1.29, 1.82) is 0 Å². The summed E-state index contributed by atoms with van der Waals surface area (Å²) in [6.45, 7) is 6.18. The van der Waals surface area contributed by atoms with Gasteiger partial charge in [0.15, 0.2) is 9.84 Å². The fourth-order valence-electron chi connectivity index (χ4n) is 0.845. The van der Waals surface area contributed by atoms with Gasteiger partial charge in [-0.15, -0.1) is 0 Å². The van der Waals surface area contributed by atoms with Gasteiger partial charge in [0.1, 0.15) is 0 Å². The first-order valence-corrected chi connectivity index (χ1v) is 5.99. The van der Waals surface area contributed by atoms with Gasteiger partial charge >= 0.3 is 0 Å². The highest BCUT2D eigenvalue weighted by Gasteiger charge is 2.22. The number of hydrogen-bond acceptors (Lipinski definition) is 3. The van der Waals surface area contributed by atoms with Crippen LogP contribution in [0, 0.1) is 5.92 Å². The second-order valence-electron chi connectivity index (χ2n) is 3.42. The lowest BCUT2D eigenvalue weighted by atomic mass is 10.2. The number of hydrogen-bond donors (Lipinski definition) is 1. The van der Waals surface area contributed by atoms with Gasteiger partial charge in [-0.1, -0.05) is 13.8 Å². The fourth-order valence-corrected chi connectivity index (χ4v) is 2.53. The van der Waals surface area contributed by atoms with Crippen LogP contribution < -0.4 is 5.32 Å². The van der Waals surface area contributed by atoms with Gasteiger partial charge < -0.3 is 5.32 Å². The first kappa shape index (κ1) is 11.9. The molecule has 0 aromatic rings. The Hall–Kier alpha value is -0.0900. The highest BCUT2D eigenvalue weighted by atomic mass is 32.2. The Balaban J connectivity index is 4.21. The van der Waals surface area contributed by atoms with Crippen LogP contribution in [-0.4, -0.2) is 33.0 Å². The van der Waals surface area contributed by atoms with Gasteiger partial charge in [-0.2, -0.15) is 0 Å². The summed E-state index contributed by atoms with van der Waals surface area (Å²) in [5, 5.41) is 2.61. The molecule has 3 nitrogen and oxygen atoms in total. The molecule has 0 bridgehead atoms. The molecule has 0 aromatic heterocycles. The summed E-state index contributed by atoms with van der Waals surface area (Å²) in [5.41, 5.74) is 0. The van der Waals surface area contributed by atoms with Crippen LogP contribution in [0.1, 0.15) is 20.8 Å². The molecule has 0 saturated heterocycles. The smallest absolute Gasteiger partial charge is 0.154 e. The van der Waals surface area contributed by atoms with E-state index in [-0.39, 0.29) is 16.9 Å². The van der Waals surface area contributed by atoms with E-state index < -0.39 is 9.84 Å². The third kappa shape index (κ3) is 3.54. The maximum Gasteiger partial charge on any atom is 0.154 e. The molecule has 0 aromatic carbocycles. The van der Waals surface area contributed by atoms with Crippen LogP contribution in [0.3, 0.4) is 0 Å². The Kier molecular flexibility index (Phi) is 4.78. The molecular formula is C8H19NO2S. The van der Waals surface area contributed by atoms with Crippen LogP contribution in [0.5, 0.6) is 0 Å². The number of sulfone groups is 1. The van der Waals surface area contributed by atoms with Crippen molar-refractivity contribution < 1.29 is 8.42 Å². The Bertz CT molecular complexity index is 209. The Labute approximate surface area is 75.5 Å². The van der Waals surface area contributed by atoms with Crippen molar-refractivity contribution in [3.63, 3.8) is 0 Å². The van der Waals surface area contributed by atoms with E-state index in [4.69, 9.17) is 0 Å². The van der Waals surface area contributed by atoms with E-state index in [0.29, 0.717) is 6.54 Å². The Morgan fingerprint density at radius 1 is 1.25 bits per heavy atom. The quantitative estimate of drug-likeness (QED) is 0.698. The van der Waals surface area contributed by atoms with E-state index in [2.05, 4.69) is 5.32 Å². The van der Waals surface area contributed by atoms with Crippen LogP contribution in [0.4, 0.5) is 0 Å². The molecule has 0 radical (unpaired) electrons. The molecule has 0 rings (SSSR count). The summed E-state index contributed by atoms with van der Waals surface area (Å²) in [4.78, 5) is 0. The minimum absolute atomic E-state index is 0.201. The molecule has 0 amide bonds. The molecule has 0 aliphatic heterocycles. The Morgan fingerprint density at radius 3 is 2.08 bits per heavy atom. The van der Waals surface area contributed by atoms with Gasteiger partial charge in [-0.3, -0.25) is 0 Å². The van der Waals surface area contributed by atoms with E-state index in [0.717, 1.165) is 0 Å². The minimum Gasteiger partial charge on any atom is -0.319 e. The molecule has 0 saturated carbocycles. The molecule has 4 heteroatoms. The standard InChI is InChI=1S/C8H19NO2S/c1-7(2)8(3)12(10,11)6-5-9-4/h7-9H,5-6H2,1-4H3. The lowest BCUT2D eigenvalue weighted by Crippen LogP contribution is -2.30. The van der Waals surface area contributed by atoms with Crippen molar-refractivity contribution >= 4 is 9.84 Å². The topological polar surface area (TPSA) is 46.2 Å². The zero-order chi connectivity index (χ0) is 9.78. The summed E-state index contributed by atoms with van der Waals surface area (Å²) in [5.74, 6) is 0.440. The molecule has 0 aliphatic rings. The SMILES string of the molecule is CNCCS(=O)(=O)C(C)C(C)C. The third-order valence-electron chi connectivity index (χ3n) is 2.14. The van der Waals surface area contributed by atoms with Crippen molar-refractivity contribution in [2.24, 2.45) is 5.92 Å². The van der Waals surface area contributed by atoms with E-state index in [1.165, 1.54) is 0 Å². The predicted octanol–water partition coefficient (Wildman–Crippen LogP) is 0.665. The largest absolute Gasteiger partial charge is 0.319 e. The average molecular weight is 193 g/mol. The summed E-state index contributed by atoms with van der Waals surface area (Å²) in [7, 11) is -1.12. The van der Waals surface area contributed by atoms with E-state index in [9.17, 15) is 8.42 Å². The zero-order valence-corrected chi connectivity index (χ0v) is 9.11. The zero-order valence-electron chi connectivity index (χ0n) is 8.29. The van der Waals surface area contributed by atoms with E-state index >= 15 is 0 Å². The molecule has 12 heavy (non-hydrogen) atoms. The molecule has 0 heterocycles. The maximum absolute atomic E-state index is 11.5. The highest BCUT2D eigenvalue weighted by molar-refractivity contribution is 7.92. The molecule has 1 N–H and O–H groups in total. The molecule has 0 aliphatic carbocycles. The van der Waals surface area contributed by atoms with Crippen molar-refractivity contribution in [3.8, 4) is 0 Å². The predicted molar refractivity (Wildman–Crippen MR) is 52.0 cm³/mol. The van der Waals surface area contributed by atoms with Crippen LogP contribution in [0.25, 0.3) is 0 Å². The number of nitrogens with one attached hydrogen (secondary N) is 1. The normalized spacial score (nSPS) is 15.1. The Morgan fingerprint density at radius 2 is 1.75 bits per heavy atom. The average Bonchev–Trinajstić information content (AvgIpc) is 1.99. The van der Waals surface area contributed by atoms with Gasteiger partial charge in [0.2, 0.25) is 0 Å².